The molecule has 3 N–H and O–H groups in total. The molecule has 1 aromatic rings. The minimum atomic E-state index is -0.753. The Morgan fingerprint density at radius 3 is 2.76 bits per heavy atom. The molecule has 0 amide bonds. The number of carbonyl (C=O) groups excluding carboxylic acids is 1. The second kappa shape index (κ2) is 7.09. The van der Waals surface area contributed by atoms with Crippen molar-refractivity contribution >= 4 is 18.4 Å². The topological polar surface area (TPSA) is 72.5 Å². The Morgan fingerprint density at radius 2 is 2.24 bits per heavy atom. The molecule has 0 aliphatic heterocycles. The Balaban J connectivity index is 0.00000256. The molecule has 96 valence electrons. The molecular formula is C11H15ClFNO3. The van der Waals surface area contributed by atoms with Crippen LogP contribution in [-0.2, 0) is 9.53 Å². The van der Waals surface area contributed by atoms with E-state index < -0.39 is 23.6 Å². The third-order valence-corrected chi connectivity index (χ3v) is 2.09. The van der Waals surface area contributed by atoms with Gasteiger partial charge in [-0.2, -0.15) is 0 Å². The van der Waals surface area contributed by atoms with Gasteiger partial charge in [0.1, 0.15) is 0 Å². The number of carbonyl (C=O) groups is 1. The van der Waals surface area contributed by atoms with Gasteiger partial charge >= 0.3 is 5.97 Å². The first-order valence-corrected chi connectivity index (χ1v) is 4.94. The van der Waals surface area contributed by atoms with Crippen LogP contribution in [0, 0.1) is 5.82 Å². The normalized spacial score (nSPS) is 11.5. The lowest BCUT2D eigenvalue weighted by atomic mass is 10.0. The van der Waals surface area contributed by atoms with Gasteiger partial charge in [-0.3, -0.25) is 4.79 Å². The summed E-state index contributed by atoms with van der Waals surface area (Å²) in [6.07, 6.45) is -0.0158. The van der Waals surface area contributed by atoms with Crippen molar-refractivity contribution in [3.8, 4) is 5.75 Å². The van der Waals surface area contributed by atoms with Crippen LogP contribution in [0.1, 0.15) is 24.9 Å². The Labute approximate surface area is 105 Å². The van der Waals surface area contributed by atoms with Gasteiger partial charge in [0.15, 0.2) is 11.6 Å². The Hall–Kier alpha value is -1.33. The summed E-state index contributed by atoms with van der Waals surface area (Å²) in [4.78, 5) is 11.1. The van der Waals surface area contributed by atoms with Gasteiger partial charge in [0, 0.05) is 6.04 Å². The number of hydrogen-bond donors (Lipinski definition) is 2. The molecule has 0 fully saturated rings. The van der Waals surface area contributed by atoms with Crippen molar-refractivity contribution in [1.82, 2.24) is 0 Å². The van der Waals surface area contributed by atoms with Gasteiger partial charge < -0.3 is 15.6 Å². The number of hydrogen-bond acceptors (Lipinski definition) is 4. The zero-order chi connectivity index (χ0) is 12.1. The van der Waals surface area contributed by atoms with Crippen molar-refractivity contribution in [3.63, 3.8) is 0 Å². The van der Waals surface area contributed by atoms with E-state index in [1.165, 1.54) is 12.1 Å². The van der Waals surface area contributed by atoms with Crippen LogP contribution in [0.3, 0.4) is 0 Å². The van der Waals surface area contributed by atoms with Gasteiger partial charge in [-0.1, -0.05) is 6.07 Å². The molecule has 0 spiro atoms. The highest BCUT2D eigenvalue weighted by molar-refractivity contribution is 5.85. The van der Waals surface area contributed by atoms with E-state index in [2.05, 4.69) is 0 Å². The van der Waals surface area contributed by atoms with Crippen LogP contribution in [0.2, 0.25) is 0 Å². The standard InChI is InChI=1S/C11H14FNO3.ClH/c1-2-16-11(15)6-9(13)7-3-4-10(14)8(12)5-7;/h3-5,9,14H,2,6,13H2,1H3;1H/t9-;/m0./s1. The summed E-state index contributed by atoms with van der Waals surface area (Å²) in [6, 6.07) is 3.16. The van der Waals surface area contributed by atoms with Crippen LogP contribution in [0.25, 0.3) is 0 Å². The number of phenols is 1. The van der Waals surface area contributed by atoms with E-state index in [1.54, 1.807) is 6.92 Å². The second-order valence-corrected chi connectivity index (χ2v) is 3.33. The molecule has 6 heteroatoms. The van der Waals surface area contributed by atoms with Gasteiger partial charge in [0.25, 0.3) is 0 Å². The fraction of sp³-hybridized carbons (Fsp3) is 0.364. The number of rotatable bonds is 4. The summed E-state index contributed by atoms with van der Waals surface area (Å²) in [5, 5.41) is 8.98. The van der Waals surface area contributed by atoms with Crippen molar-refractivity contribution in [2.75, 3.05) is 6.61 Å². The van der Waals surface area contributed by atoms with Gasteiger partial charge in [-0.15, -0.1) is 12.4 Å². The maximum absolute atomic E-state index is 13.0. The zero-order valence-electron chi connectivity index (χ0n) is 9.35. The third-order valence-electron chi connectivity index (χ3n) is 2.09. The first kappa shape index (κ1) is 15.7. The Kier molecular flexibility index (Phi) is 6.53. The number of halogens is 2. The van der Waals surface area contributed by atoms with Crippen molar-refractivity contribution in [3.05, 3.63) is 29.6 Å². The molecule has 0 radical (unpaired) electrons. The van der Waals surface area contributed by atoms with Crippen molar-refractivity contribution in [2.24, 2.45) is 5.73 Å². The summed E-state index contributed by atoms with van der Waals surface area (Å²) in [5.74, 6) is -1.62. The fourth-order valence-electron chi connectivity index (χ4n) is 1.27. The smallest absolute Gasteiger partial charge is 0.307 e. The van der Waals surface area contributed by atoms with Gasteiger partial charge in [0.2, 0.25) is 0 Å². The summed E-state index contributed by atoms with van der Waals surface area (Å²) in [6.45, 7) is 1.99. The van der Waals surface area contributed by atoms with Crippen molar-refractivity contribution in [2.45, 2.75) is 19.4 Å². The molecule has 1 atom stereocenters. The lowest BCUT2D eigenvalue weighted by Gasteiger charge is -2.11. The maximum atomic E-state index is 13.0. The predicted molar refractivity (Wildman–Crippen MR) is 63.5 cm³/mol. The zero-order valence-corrected chi connectivity index (χ0v) is 10.2. The quantitative estimate of drug-likeness (QED) is 0.814. The van der Waals surface area contributed by atoms with E-state index in [1.807, 2.05) is 0 Å². The highest BCUT2D eigenvalue weighted by Crippen LogP contribution is 2.21. The molecule has 4 nitrogen and oxygen atoms in total. The average molecular weight is 264 g/mol. The molecule has 0 unspecified atom stereocenters. The lowest BCUT2D eigenvalue weighted by molar-refractivity contribution is -0.143. The largest absolute Gasteiger partial charge is 0.505 e. The highest BCUT2D eigenvalue weighted by Gasteiger charge is 2.14. The van der Waals surface area contributed by atoms with Crippen molar-refractivity contribution in [1.29, 1.82) is 0 Å². The van der Waals surface area contributed by atoms with Gasteiger partial charge in [-0.05, 0) is 24.6 Å². The molecule has 0 aliphatic rings. The van der Waals surface area contributed by atoms with Crippen LogP contribution >= 0.6 is 12.4 Å². The molecule has 0 heterocycles. The van der Waals surface area contributed by atoms with E-state index in [-0.39, 0.29) is 25.4 Å². The average Bonchev–Trinajstić information content (AvgIpc) is 2.22. The van der Waals surface area contributed by atoms with E-state index >= 15 is 0 Å². The first-order chi connectivity index (χ1) is 7.54. The molecule has 0 bridgehead atoms. The number of nitrogens with two attached hydrogens (primary N) is 1. The summed E-state index contributed by atoms with van der Waals surface area (Å²) in [5.41, 5.74) is 6.14. The minimum absolute atomic E-state index is 0. The number of aromatic hydroxyl groups is 1. The summed E-state index contributed by atoms with van der Waals surface area (Å²) in [7, 11) is 0. The number of phenolic OH excluding ortho intramolecular Hbond substituents is 1. The van der Waals surface area contributed by atoms with E-state index in [4.69, 9.17) is 15.6 Å². The van der Waals surface area contributed by atoms with Gasteiger partial charge in [-0.25, -0.2) is 4.39 Å². The number of ether oxygens (including phenoxy) is 1. The molecule has 0 aromatic heterocycles. The Morgan fingerprint density at radius 1 is 1.59 bits per heavy atom. The summed E-state index contributed by atoms with van der Waals surface area (Å²) < 4.78 is 17.7. The number of benzene rings is 1. The molecular weight excluding hydrogens is 249 g/mol. The minimum Gasteiger partial charge on any atom is -0.505 e. The predicted octanol–water partition coefficient (Wildman–Crippen LogP) is 1.91. The lowest BCUT2D eigenvalue weighted by Crippen LogP contribution is -2.17. The molecule has 17 heavy (non-hydrogen) atoms. The van der Waals surface area contributed by atoms with Crippen LogP contribution < -0.4 is 5.73 Å². The van der Waals surface area contributed by atoms with Crippen LogP contribution in [-0.4, -0.2) is 17.7 Å². The van der Waals surface area contributed by atoms with Crippen LogP contribution in [0.5, 0.6) is 5.75 Å². The number of esters is 1. The molecule has 1 aromatic carbocycles. The van der Waals surface area contributed by atoms with Crippen LogP contribution in [0.15, 0.2) is 18.2 Å². The molecule has 0 aliphatic carbocycles. The van der Waals surface area contributed by atoms with E-state index in [0.717, 1.165) is 6.07 Å². The summed E-state index contributed by atoms with van der Waals surface area (Å²) >= 11 is 0. The first-order valence-electron chi connectivity index (χ1n) is 4.94. The third kappa shape index (κ3) is 4.58. The highest BCUT2D eigenvalue weighted by atomic mass is 35.5. The molecule has 0 saturated carbocycles. The fourth-order valence-corrected chi connectivity index (χ4v) is 1.27. The van der Waals surface area contributed by atoms with Crippen molar-refractivity contribution < 1.29 is 19.0 Å². The monoisotopic (exact) mass is 263 g/mol. The second-order valence-electron chi connectivity index (χ2n) is 3.33. The molecule has 0 saturated heterocycles. The van der Waals surface area contributed by atoms with E-state index in [0.29, 0.717) is 5.56 Å². The molecule has 1 rings (SSSR count). The van der Waals surface area contributed by atoms with E-state index in [9.17, 15) is 9.18 Å². The Bertz CT molecular complexity index is 387. The van der Waals surface area contributed by atoms with Crippen LogP contribution in [0.4, 0.5) is 4.39 Å². The maximum Gasteiger partial charge on any atom is 0.307 e. The van der Waals surface area contributed by atoms with Gasteiger partial charge in [0.05, 0.1) is 13.0 Å². The SMILES string of the molecule is CCOC(=O)C[C@H](N)c1ccc(O)c(F)c1.Cl.